The number of benzene rings is 1. The van der Waals surface area contributed by atoms with Crippen LogP contribution in [0.15, 0.2) is 49.1 Å². The fourth-order valence-electron chi connectivity index (χ4n) is 2.74. The van der Waals surface area contributed by atoms with Crippen molar-refractivity contribution in [2.24, 2.45) is 7.05 Å². The van der Waals surface area contributed by atoms with Crippen LogP contribution in [-0.2, 0) is 19.1 Å². The molecule has 5 nitrogen and oxygen atoms in total. The molecule has 0 saturated heterocycles. The smallest absolute Gasteiger partial charge is 0.130 e. The van der Waals surface area contributed by atoms with Crippen molar-refractivity contribution in [1.29, 1.82) is 0 Å². The van der Waals surface area contributed by atoms with E-state index in [2.05, 4.69) is 36.2 Å². The Kier molecular flexibility index (Phi) is 4.72. The van der Waals surface area contributed by atoms with Crippen LogP contribution in [0.2, 0.25) is 0 Å². The van der Waals surface area contributed by atoms with Gasteiger partial charge in [0, 0.05) is 43.3 Å². The zero-order valence-electron chi connectivity index (χ0n) is 15.1. The average Bonchev–Trinajstić information content (AvgIpc) is 3.18. The quantitative estimate of drug-likeness (QED) is 0.774. The van der Waals surface area contributed by atoms with E-state index in [1.807, 2.05) is 41.0 Å². The first-order chi connectivity index (χ1) is 11.9. The summed E-state index contributed by atoms with van der Waals surface area (Å²) < 4.78 is 18.2. The van der Waals surface area contributed by atoms with E-state index < -0.39 is 0 Å². The zero-order valence-corrected chi connectivity index (χ0v) is 15.1. The molecule has 25 heavy (non-hydrogen) atoms. The zero-order chi connectivity index (χ0) is 18.0. The Morgan fingerprint density at radius 2 is 2.00 bits per heavy atom. The molecule has 1 aromatic carbocycles. The van der Waals surface area contributed by atoms with Gasteiger partial charge in [0.1, 0.15) is 11.6 Å². The number of rotatable bonds is 5. The molecule has 0 amide bonds. The Morgan fingerprint density at radius 1 is 1.24 bits per heavy atom. The van der Waals surface area contributed by atoms with Gasteiger partial charge in [-0.15, -0.1) is 0 Å². The Balaban J connectivity index is 1.85. The molecule has 132 valence electrons. The first kappa shape index (κ1) is 17.4. The first-order valence-electron chi connectivity index (χ1n) is 8.35. The van der Waals surface area contributed by atoms with Gasteiger partial charge >= 0.3 is 0 Å². The molecule has 6 heteroatoms. The summed E-state index contributed by atoms with van der Waals surface area (Å²) in [6.07, 6.45) is 7.45. The molecule has 1 N–H and O–H groups in total. The maximum absolute atomic E-state index is 14.4. The summed E-state index contributed by atoms with van der Waals surface area (Å²) >= 11 is 0. The molecule has 0 aliphatic heterocycles. The van der Waals surface area contributed by atoms with Crippen LogP contribution in [-0.4, -0.2) is 19.3 Å². The van der Waals surface area contributed by atoms with Crippen LogP contribution in [0.25, 0.3) is 0 Å². The highest BCUT2D eigenvalue weighted by Gasteiger charge is 2.21. The van der Waals surface area contributed by atoms with Gasteiger partial charge in [-0.1, -0.05) is 18.2 Å². The lowest BCUT2D eigenvalue weighted by Gasteiger charge is -2.20. The van der Waals surface area contributed by atoms with Crippen LogP contribution in [0.4, 0.5) is 4.39 Å². The minimum atomic E-state index is -0.334. The van der Waals surface area contributed by atoms with Gasteiger partial charge in [-0.25, -0.2) is 9.37 Å². The summed E-state index contributed by atoms with van der Waals surface area (Å²) in [5.74, 6) is 0.529. The topological polar surface area (TPSA) is 47.7 Å². The minimum absolute atomic E-state index is 0.0666. The molecule has 3 rings (SSSR count). The van der Waals surface area contributed by atoms with E-state index in [0.717, 1.165) is 11.4 Å². The monoisotopic (exact) mass is 341 g/mol. The van der Waals surface area contributed by atoms with Crippen molar-refractivity contribution in [1.82, 2.24) is 24.6 Å². The van der Waals surface area contributed by atoms with Crippen LogP contribution >= 0.6 is 0 Å². The summed E-state index contributed by atoms with van der Waals surface area (Å²) in [6.45, 7) is 6.88. The van der Waals surface area contributed by atoms with Crippen LogP contribution in [0.5, 0.6) is 0 Å². The van der Waals surface area contributed by atoms with Gasteiger partial charge in [0.25, 0.3) is 0 Å². The van der Waals surface area contributed by atoms with E-state index in [1.54, 1.807) is 18.3 Å². The first-order valence-corrected chi connectivity index (χ1v) is 8.35. The fourth-order valence-corrected chi connectivity index (χ4v) is 2.74. The molecular formula is C19H24FN5. The number of nitrogens with zero attached hydrogens (tertiary/aromatic N) is 4. The SMILES string of the molecule is Cn1ccnc1[C@H](NCc1cnn(C(C)(C)C)c1)c1ccccc1F. The molecule has 0 aliphatic rings. The fraction of sp³-hybridized carbons (Fsp3) is 0.368. The van der Waals surface area contributed by atoms with Gasteiger partial charge in [-0.3, -0.25) is 10.00 Å². The molecular weight excluding hydrogens is 317 g/mol. The second-order valence-electron chi connectivity index (χ2n) is 7.20. The molecule has 0 bridgehead atoms. The highest BCUT2D eigenvalue weighted by molar-refractivity contribution is 5.27. The molecule has 0 radical (unpaired) electrons. The van der Waals surface area contributed by atoms with E-state index in [4.69, 9.17) is 0 Å². The Bertz CT molecular complexity index is 843. The number of halogens is 1. The molecule has 0 saturated carbocycles. The molecule has 0 spiro atoms. The van der Waals surface area contributed by atoms with Crippen LogP contribution in [0.1, 0.15) is 43.8 Å². The van der Waals surface area contributed by atoms with Gasteiger partial charge in [0.2, 0.25) is 0 Å². The number of hydrogen-bond donors (Lipinski definition) is 1. The normalized spacial score (nSPS) is 13.2. The maximum Gasteiger partial charge on any atom is 0.130 e. The van der Waals surface area contributed by atoms with Gasteiger partial charge in [-0.2, -0.15) is 5.10 Å². The van der Waals surface area contributed by atoms with Crippen molar-refractivity contribution in [2.45, 2.75) is 38.9 Å². The van der Waals surface area contributed by atoms with E-state index in [0.29, 0.717) is 12.1 Å². The predicted molar refractivity (Wildman–Crippen MR) is 95.5 cm³/mol. The van der Waals surface area contributed by atoms with E-state index >= 15 is 0 Å². The second-order valence-corrected chi connectivity index (χ2v) is 7.20. The third-order valence-corrected chi connectivity index (χ3v) is 4.17. The minimum Gasteiger partial charge on any atom is -0.336 e. The van der Waals surface area contributed by atoms with Gasteiger partial charge in [-0.05, 0) is 26.8 Å². The summed E-state index contributed by atoms with van der Waals surface area (Å²) in [6, 6.07) is 6.47. The van der Waals surface area contributed by atoms with Crippen molar-refractivity contribution in [3.05, 3.63) is 71.8 Å². The Labute approximate surface area is 147 Å². The van der Waals surface area contributed by atoms with E-state index in [1.165, 1.54) is 6.07 Å². The van der Waals surface area contributed by atoms with Gasteiger partial charge in [0.15, 0.2) is 0 Å². The maximum atomic E-state index is 14.4. The average molecular weight is 341 g/mol. The summed E-state index contributed by atoms with van der Waals surface area (Å²) in [4.78, 5) is 4.40. The number of hydrogen-bond acceptors (Lipinski definition) is 3. The lowest BCUT2D eigenvalue weighted by molar-refractivity contribution is 0.355. The predicted octanol–water partition coefficient (Wildman–Crippen LogP) is 3.39. The van der Waals surface area contributed by atoms with Crippen molar-refractivity contribution >= 4 is 0 Å². The summed E-state index contributed by atoms with van der Waals surface area (Å²) in [7, 11) is 1.91. The van der Waals surface area contributed by atoms with Gasteiger partial charge in [0.05, 0.1) is 17.8 Å². The molecule has 0 unspecified atom stereocenters. The molecule has 2 aromatic heterocycles. The Morgan fingerprint density at radius 3 is 2.60 bits per heavy atom. The standard InChI is InChI=1S/C19H24FN5/c1-19(2,3)25-13-14(12-23-25)11-22-17(18-21-9-10-24(18)4)15-7-5-6-8-16(15)20/h5-10,12-13,17,22H,11H2,1-4H3/t17-/m1/s1. The summed E-state index contributed by atoms with van der Waals surface area (Å²) in [5, 5.41) is 7.84. The summed E-state index contributed by atoms with van der Waals surface area (Å²) in [5.41, 5.74) is 1.56. The highest BCUT2D eigenvalue weighted by Crippen LogP contribution is 2.23. The van der Waals surface area contributed by atoms with E-state index in [9.17, 15) is 4.39 Å². The van der Waals surface area contributed by atoms with Crippen molar-refractivity contribution in [2.75, 3.05) is 0 Å². The van der Waals surface area contributed by atoms with Crippen molar-refractivity contribution < 1.29 is 4.39 Å². The molecule has 3 aromatic rings. The van der Waals surface area contributed by atoms with Crippen molar-refractivity contribution in [3.63, 3.8) is 0 Å². The lowest BCUT2D eigenvalue weighted by atomic mass is 10.1. The number of aromatic nitrogens is 4. The second kappa shape index (κ2) is 6.80. The number of nitrogens with one attached hydrogen (secondary N) is 1. The van der Waals surface area contributed by atoms with Gasteiger partial charge < -0.3 is 4.57 Å². The largest absolute Gasteiger partial charge is 0.336 e. The molecule has 1 atom stereocenters. The van der Waals surface area contributed by atoms with Crippen LogP contribution < -0.4 is 5.32 Å². The number of aryl methyl sites for hydroxylation is 1. The molecule has 0 aliphatic carbocycles. The van der Waals surface area contributed by atoms with Crippen LogP contribution in [0, 0.1) is 5.82 Å². The Hall–Kier alpha value is -2.47. The lowest BCUT2D eigenvalue weighted by Crippen LogP contribution is -2.26. The van der Waals surface area contributed by atoms with Crippen LogP contribution in [0.3, 0.4) is 0 Å². The van der Waals surface area contributed by atoms with Crippen molar-refractivity contribution in [3.8, 4) is 0 Å². The highest BCUT2D eigenvalue weighted by atomic mass is 19.1. The van der Waals surface area contributed by atoms with E-state index in [-0.39, 0.29) is 17.4 Å². The number of imidazole rings is 1. The third kappa shape index (κ3) is 3.79. The molecule has 2 heterocycles. The molecule has 0 fully saturated rings. The third-order valence-electron chi connectivity index (χ3n) is 4.17.